The quantitative estimate of drug-likeness (QED) is 0.278. The lowest BCUT2D eigenvalue weighted by molar-refractivity contribution is -0.137. The molecule has 2 unspecified atom stereocenters. The fourth-order valence-corrected chi connectivity index (χ4v) is 4.63. The van der Waals surface area contributed by atoms with Crippen molar-refractivity contribution in [3.8, 4) is 0 Å². The van der Waals surface area contributed by atoms with E-state index in [4.69, 9.17) is 5.11 Å². The first-order valence-corrected chi connectivity index (χ1v) is 12.1. The Morgan fingerprint density at radius 2 is 1.76 bits per heavy atom. The smallest absolute Gasteiger partial charge is 0.348 e. The van der Waals surface area contributed by atoms with Crippen molar-refractivity contribution in [3.05, 3.63) is 35.9 Å². The van der Waals surface area contributed by atoms with Gasteiger partial charge in [0, 0.05) is 6.42 Å². The van der Waals surface area contributed by atoms with Crippen LogP contribution in [0.4, 0.5) is 4.79 Å². The van der Waals surface area contributed by atoms with Crippen LogP contribution in [0.2, 0.25) is 0 Å². The topological polar surface area (TPSA) is 111 Å². The number of rotatable bonds is 12. The van der Waals surface area contributed by atoms with Crippen LogP contribution in [0.5, 0.6) is 0 Å². The number of aliphatic hydroxyl groups excluding tert-OH is 1. The summed E-state index contributed by atoms with van der Waals surface area (Å²) in [5.74, 6) is -0.942. The molecule has 2 aliphatic rings. The number of amides is 3. The van der Waals surface area contributed by atoms with Crippen LogP contribution in [0.3, 0.4) is 0 Å². The maximum absolute atomic E-state index is 13.1. The zero-order valence-corrected chi connectivity index (χ0v) is 19.1. The average molecular weight is 458 g/mol. The van der Waals surface area contributed by atoms with Crippen molar-refractivity contribution < 1.29 is 24.6 Å². The highest BCUT2D eigenvalue weighted by Crippen LogP contribution is 2.27. The number of aliphatic hydroxyl groups is 1. The van der Waals surface area contributed by atoms with Gasteiger partial charge in [0.2, 0.25) is 0 Å². The van der Waals surface area contributed by atoms with E-state index in [9.17, 15) is 19.5 Å². The Morgan fingerprint density at radius 1 is 1.06 bits per heavy atom. The highest BCUT2D eigenvalue weighted by molar-refractivity contribution is 6.04. The van der Waals surface area contributed by atoms with Crippen molar-refractivity contribution >= 4 is 24.1 Å². The van der Waals surface area contributed by atoms with Crippen molar-refractivity contribution in [2.45, 2.75) is 89.3 Å². The highest BCUT2D eigenvalue weighted by atomic mass is 16.4. The van der Waals surface area contributed by atoms with Crippen molar-refractivity contribution in [1.29, 1.82) is 0 Å². The van der Waals surface area contributed by atoms with E-state index in [1.165, 1.54) is 22.5 Å². The van der Waals surface area contributed by atoms with Gasteiger partial charge in [-0.2, -0.15) is 5.10 Å². The van der Waals surface area contributed by atoms with Crippen LogP contribution in [-0.4, -0.2) is 56.4 Å². The molecule has 2 fully saturated rings. The second kappa shape index (κ2) is 12.5. The number of hydrazone groups is 1. The van der Waals surface area contributed by atoms with Crippen molar-refractivity contribution in [3.63, 3.8) is 0 Å². The summed E-state index contributed by atoms with van der Waals surface area (Å²) in [5.41, 5.74) is 0.861. The number of carboxylic acids is 1. The third kappa shape index (κ3) is 7.12. The second-order valence-corrected chi connectivity index (χ2v) is 9.05. The van der Waals surface area contributed by atoms with E-state index in [0.717, 1.165) is 44.1 Å². The van der Waals surface area contributed by atoms with Crippen LogP contribution < -0.4 is 0 Å². The standard InChI is InChI=1S/C25H35N3O5/c29-22(20-13-7-4-8-14-20)17-26-28-21(15-9-1-2-10-16-23(30)31)24(32)27(25(28)33)18-19-11-5-3-6-12-19/h3,5-6,11-12,17,20-22,29H,1-2,4,7-10,13-16,18H2,(H,30,31)/b26-17+. The minimum absolute atomic E-state index is 0.140. The van der Waals surface area contributed by atoms with E-state index in [1.54, 1.807) is 0 Å². The summed E-state index contributed by atoms with van der Waals surface area (Å²) in [5, 5.41) is 24.9. The molecule has 0 radical (unpaired) electrons. The van der Waals surface area contributed by atoms with Crippen molar-refractivity contribution in [2.75, 3.05) is 0 Å². The van der Waals surface area contributed by atoms with E-state index in [-0.39, 0.29) is 24.8 Å². The zero-order chi connectivity index (χ0) is 23.6. The lowest BCUT2D eigenvalue weighted by atomic mass is 9.86. The summed E-state index contributed by atoms with van der Waals surface area (Å²) in [4.78, 5) is 38.1. The Morgan fingerprint density at radius 3 is 2.45 bits per heavy atom. The van der Waals surface area contributed by atoms with E-state index in [0.29, 0.717) is 19.3 Å². The third-order valence-electron chi connectivity index (χ3n) is 6.55. The second-order valence-electron chi connectivity index (χ2n) is 9.05. The number of benzene rings is 1. The summed E-state index contributed by atoms with van der Waals surface area (Å²) in [7, 11) is 0. The van der Waals surface area contributed by atoms with Gasteiger partial charge in [0.15, 0.2) is 0 Å². The minimum Gasteiger partial charge on any atom is -0.481 e. The van der Waals surface area contributed by atoms with Gasteiger partial charge < -0.3 is 10.2 Å². The molecule has 3 rings (SSSR count). The van der Waals surface area contributed by atoms with Crippen LogP contribution in [0.25, 0.3) is 0 Å². The predicted molar refractivity (Wildman–Crippen MR) is 124 cm³/mol. The summed E-state index contributed by atoms with van der Waals surface area (Å²) >= 11 is 0. The number of carbonyl (C=O) groups excluding carboxylic acids is 2. The van der Waals surface area contributed by atoms with Gasteiger partial charge in [0.05, 0.1) is 18.9 Å². The summed E-state index contributed by atoms with van der Waals surface area (Å²) in [6, 6.07) is 8.19. The predicted octanol–water partition coefficient (Wildman–Crippen LogP) is 4.17. The van der Waals surface area contributed by atoms with Gasteiger partial charge in [0.1, 0.15) is 6.04 Å². The molecule has 1 aromatic rings. The number of hydrogen-bond donors (Lipinski definition) is 2. The molecule has 1 saturated carbocycles. The largest absolute Gasteiger partial charge is 0.481 e. The molecule has 0 aromatic heterocycles. The summed E-state index contributed by atoms with van der Waals surface area (Å²) in [6.07, 6.45) is 9.38. The van der Waals surface area contributed by atoms with Gasteiger partial charge in [-0.25, -0.2) is 9.80 Å². The molecule has 0 bridgehead atoms. The Balaban J connectivity index is 1.65. The lowest BCUT2D eigenvalue weighted by Gasteiger charge is -2.24. The molecule has 33 heavy (non-hydrogen) atoms. The van der Waals surface area contributed by atoms with Gasteiger partial charge in [-0.15, -0.1) is 0 Å². The molecule has 2 atom stereocenters. The van der Waals surface area contributed by atoms with Gasteiger partial charge in [-0.05, 0) is 37.2 Å². The molecule has 1 heterocycles. The molecule has 1 aromatic carbocycles. The molecule has 180 valence electrons. The Hall–Kier alpha value is -2.74. The number of aliphatic carboxylic acids is 1. The molecule has 8 nitrogen and oxygen atoms in total. The first kappa shape index (κ1) is 24.9. The van der Waals surface area contributed by atoms with Crippen molar-refractivity contribution in [1.82, 2.24) is 9.91 Å². The number of unbranched alkanes of at least 4 members (excludes halogenated alkanes) is 3. The number of carbonyl (C=O) groups is 3. The molecule has 8 heteroatoms. The van der Waals surface area contributed by atoms with Gasteiger partial charge >= 0.3 is 12.0 Å². The monoisotopic (exact) mass is 457 g/mol. The molecular weight excluding hydrogens is 422 g/mol. The first-order chi connectivity index (χ1) is 16.0. The normalized spacial score (nSPS) is 20.7. The van der Waals surface area contributed by atoms with E-state index < -0.39 is 24.1 Å². The van der Waals surface area contributed by atoms with E-state index >= 15 is 0 Å². The number of urea groups is 1. The van der Waals surface area contributed by atoms with Gasteiger partial charge in [0.25, 0.3) is 5.91 Å². The molecular formula is C25H35N3O5. The molecule has 0 spiro atoms. The van der Waals surface area contributed by atoms with E-state index in [1.807, 2.05) is 30.3 Å². The van der Waals surface area contributed by atoms with Gasteiger partial charge in [-0.3, -0.25) is 14.5 Å². The maximum atomic E-state index is 13.1. The Kier molecular flexibility index (Phi) is 9.42. The summed E-state index contributed by atoms with van der Waals surface area (Å²) in [6.45, 7) is 0.185. The third-order valence-corrected chi connectivity index (χ3v) is 6.55. The highest BCUT2D eigenvalue weighted by Gasteiger charge is 2.45. The fourth-order valence-electron chi connectivity index (χ4n) is 4.63. The molecule has 1 aliphatic heterocycles. The van der Waals surface area contributed by atoms with Crippen LogP contribution in [-0.2, 0) is 16.1 Å². The van der Waals surface area contributed by atoms with Crippen LogP contribution in [0.1, 0.15) is 76.2 Å². The Labute approximate surface area is 195 Å². The zero-order valence-electron chi connectivity index (χ0n) is 19.1. The number of nitrogens with zero attached hydrogens (tertiary/aromatic N) is 3. The lowest BCUT2D eigenvalue weighted by Crippen LogP contribution is -2.32. The summed E-state index contributed by atoms with van der Waals surface area (Å²) < 4.78 is 0. The first-order valence-electron chi connectivity index (χ1n) is 12.1. The Bertz CT molecular complexity index is 823. The number of imide groups is 1. The van der Waals surface area contributed by atoms with Gasteiger partial charge in [-0.1, -0.05) is 68.9 Å². The van der Waals surface area contributed by atoms with E-state index in [2.05, 4.69) is 5.10 Å². The number of carboxylic acid groups (broad SMARTS) is 1. The SMILES string of the molecule is O=C(O)CCCCCCC1C(=O)N(Cc2ccccc2)C(=O)N1/N=C/C(O)C1CCCCC1. The average Bonchev–Trinajstić information content (AvgIpc) is 3.04. The molecule has 1 aliphatic carbocycles. The van der Waals surface area contributed by atoms with Crippen LogP contribution in [0, 0.1) is 5.92 Å². The molecule has 3 amide bonds. The van der Waals surface area contributed by atoms with Crippen LogP contribution in [0.15, 0.2) is 35.4 Å². The number of hydrogen-bond acceptors (Lipinski definition) is 5. The molecule has 2 N–H and O–H groups in total. The van der Waals surface area contributed by atoms with Crippen molar-refractivity contribution in [2.24, 2.45) is 11.0 Å². The molecule has 1 saturated heterocycles. The maximum Gasteiger partial charge on any atom is 0.348 e. The van der Waals surface area contributed by atoms with Crippen LogP contribution >= 0.6 is 0 Å². The minimum atomic E-state index is -0.805. The fraction of sp³-hybridized carbons (Fsp3) is 0.600.